The van der Waals surface area contributed by atoms with Gasteiger partial charge in [-0.05, 0) is 24.1 Å². The van der Waals surface area contributed by atoms with Crippen molar-refractivity contribution >= 4 is 11.6 Å². The maximum Gasteiger partial charge on any atom is 0.238 e. The van der Waals surface area contributed by atoms with Crippen LogP contribution >= 0.6 is 0 Å². The van der Waals surface area contributed by atoms with Gasteiger partial charge < -0.3 is 10.6 Å². The van der Waals surface area contributed by atoms with Gasteiger partial charge in [0.05, 0.1) is 6.54 Å². The number of amides is 1. The summed E-state index contributed by atoms with van der Waals surface area (Å²) in [5, 5.41) is 6.24. The molecule has 0 spiro atoms. The third-order valence-electron chi connectivity index (χ3n) is 3.35. The first-order chi connectivity index (χ1) is 9.28. The van der Waals surface area contributed by atoms with E-state index in [9.17, 15) is 4.79 Å². The molecule has 0 atom stereocenters. The van der Waals surface area contributed by atoms with E-state index in [0.717, 1.165) is 44.7 Å². The van der Waals surface area contributed by atoms with E-state index in [-0.39, 0.29) is 5.91 Å². The second kappa shape index (κ2) is 7.26. The van der Waals surface area contributed by atoms with Crippen molar-refractivity contribution in [1.29, 1.82) is 0 Å². The highest BCUT2D eigenvalue weighted by atomic mass is 16.2. The lowest BCUT2D eigenvalue weighted by Gasteiger charge is -2.26. The van der Waals surface area contributed by atoms with Crippen molar-refractivity contribution in [2.75, 3.05) is 38.0 Å². The zero-order chi connectivity index (χ0) is 13.5. The van der Waals surface area contributed by atoms with Crippen molar-refractivity contribution in [2.45, 2.75) is 19.8 Å². The average Bonchev–Trinajstić information content (AvgIpc) is 2.42. The maximum absolute atomic E-state index is 11.9. The fraction of sp³-hybridized carbons (Fsp3) is 0.533. The van der Waals surface area contributed by atoms with Gasteiger partial charge in [-0.15, -0.1) is 0 Å². The molecule has 1 saturated heterocycles. The molecule has 0 bridgehead atoms. The summed E-state index contributed by atoms with van der Waals surface area (Å²) in [6.07, 6.45) is 2.24. The van der Waals surface area contributed by atoms with Crippen LogP contribution in [-0.4, -0.2) is 43.5 Å². The van der Waals surface area contributed by atoms with Gasteiger partial charge in [0.15, 0.2) is 0 Å². The third kappa shape index (κ3) is 4.65. The molecule has 19 heavy (non-hydrogen) atoms. The Kier molecular flexibility index (Phi) is 5.36. The number of carbonyl (C=O) groups excluding carboxylic acids is 1. The summed E-state index contributed by atoms with van der Waals surface area (Å²) in [5.74, 6) is 0.0742. The predicted octanol–water partition coefficient (Wildman–Crippen LogP) is 1.48. The number of benzene rings is 1. The lowest BCUT2D eigenvalue weighted by molar-refractivity contribution is -0.117. The second-order valence-electron chi connectivity index (χ2n) is 5.02. The molecule has 4 heteroatoms. The van der Waals surface area contributed by atoms with E-state index >= 15 is 0 Å². The molecule has 0 aliphatic carbocycles. The molecule has 1 aliphatic rings. The largest absolute Gasteiger partial charge is 0.325 e. The van der Waals surface area contributed by atoms with E-state index in [1.54, 1.807) is 0 Å². The number of hydrogen-bond donors (Lipinski definition) is 2. The van der Waals surface area contributed by atoms with Gasteiger partial charge in [-0.25, -0.2) is 0 Å². The standard InChI is InChI=1S/C15H23N3O/c1-2-3-13-4-6-14(7-5-13)17-15(19)12-18-10-8-16-9-11-18/h4-7,16H,2-3,8-12H2,1H3,(H,17,19). The topological polar surface area (TPSA) is 44.4 Å². The Morgan fingerprint density at radius 1 is 1.26 bits per heavy atom. The molecule has 104 valence electrons. The van der Waals surface area contributed by atoms with Crippen LogP contribution in [0.1, 0.15) is 18.9 Å². The Morgan fingerprint density at radius 2 is 1.95 bits per heavy atom. The Bertz CT molecular complexity index is 396. The van der Waals surface area contributed by atoms with E-state index in [0.29, 0.717) is 6.54 Å². The SMILES string of the molecule is CCCc1ccc(NC(=O)CN2CCNCC2)cc1. The Labute approximate surface area is 115 Å². The highest BCUT2D eigenvalue weighted by Crippen LogP contribution is 2.11. The molecule has 0 aromatic heterocycles. The summed E-state index contributed by atoms with van der Waals surface area (Å²) < 4.78 is 0. The van der Waals surface area contributed by atoms with Crippen LogP contribution in [0.25, 0.3) is 0 Å². The van der Waals surface area contributed by atoms with Crippen LogP contribution in [0.15, 0.2) is 24.3 Å². The van der Waals surface area contributed by atoms with Crippen LogP contribution in [0.5, 0.6) is 0 Å². The number of rotatable bonds is 5. The molecule has 2 rings (SSSR count). The predicted molar refractivity (Wildman–Crippen MR) is 78.4 cm³/mol. The summed E-state index contributed by atoms with van der Waals surface area (Å²) in [7, 11) is 0. The molecule has 2 N–H and O–H groups in total. The number of anilines is 1. The minimum Gasteiger partial charge on any atom is -0.325 e. The first-order valence-electron chi connectivity index (χ1n) is 7.10. The number of aryl methyl sites for hydroxylation is 1. The molecule has 0 radical (unpaired) electrons. The molecule has 0 unspecified atom stereocenters. The fourth-order valence-corrected chi connectivity index (χ4v) is 2.32. The van der Waals surface area contributed by atoms with Crippen LogP contribution in [0.4, 0.5) is 5.69 Å². The minimum atomic E-state index is 0.0742. The first kappa shape index (κ1) is 14.0. The Morgan fingerprint density at radius 3 is 2.58 bits per heavy atom. The van der Waals surface area contributed by atoms with Crippen LogP contribution in [0.3, 0.4) is 0 Å². The Balaban J connectivity index is 1.80. The van der Waals surface area contributed by atoms with Gasteiger partial charge in [-0.1, -0.05) is 25.5 Å². The second-order valence-corrected chi connectivity index (χ2v) is 5.02. The molecule has 0 saturated carbocycles. The first-order valence-corrected chi connectivity index (χ1v) is 7.10. The summed E-state index contributed by atoms with van der Waals surface area (Å²) in [6, 6.07) is 8.15. The minimum absolute atomic E-state index is 0.0742. The smallest absolute Gasteiger partial charge is 0.238 e. The van der Waals surface area contributed by atoms with Crippen LogP contribution < -0.4 is 10.6 Å². The van der Waals surface area contributed by atoms with Crippen molar-refractivity contribution in [1.82, 2.24) is 10.2 Å². The van der Waals surface area contributed by atoms with Gasteiger partial charge in [0, 0.05) is 31.9 Å². The molecule has 1 aromatic carbocycles. The fourth-order valence-electron chi connectivity index (χ4n) is 2.32. The Hall–Kier alpha value is -1.39. The van der Waals surface area contributed by atoms with Crippen LogP contribution in [0, 0.1) is 0 Å². The van der Waals surface area contributed by atoms with Crippen molar-refractivity contribution < 1.29 is 4.79 Å². The normalized spacial score (nSPS) is 16.3. The molecule has 1 aliphatic heterocycles. The molecular formula is C15H23N3O. The van der Waals surface area contributed by atoms with Crippen LogP contribution in [0.2, 0.25) is 0 Å². The van der Waals surface area contributed by atoms with Gasteiger partial charge in [0.2, 0.25) is 5.91 Å². The molecule has 1 aromatic rings. The van der Waals surface area contributed by atoms with E-state index < -0.39 is 0 Å². The number of nitrogens with one attached hydrogen (secondary N) is 2. The van der Waals surface area contributed by atoms with E-state index in [4.69, 9.17) is 0 Å². The molecule has 1 heterocycles. The highest BCUT2D eigenvalue weighted by Gasteiger charge is 2.13. The van der Waals surface area contributed by atoms with Crippen LogP contribution in [-0.2, 0) is 11.2 Å². The summed E-state index contributed by atoms with van der Waals surface area (Å²) in [4.78, 5) is 14.1. The van der Waals surface area contributed by atoms with E-state index in [2.05, 4.69) is 34.6 Å². The average molecular weight is 261 g/mol. The lowest BCUT2D eigenvalue weighted by Crippen LogP contribution is -2.46. The monoisotopic (exact) mass is 261 g/mol. The summed E-state index contributed by atoms with van der Waals surface area (Å²) >= 11 is 0. The van der Waals surface area contributed by atoms with E-state index in [1.807, 2.05) is 12.1 Å². The summed E-state index contributed by atoms with van der Waals surface area (Å²) in [6.45, 7) is 6.49. The van der Waals surface area contributed by atoms with Gasteiger partial charge in [0.25, 0.3) is 0 Å². The zero-order valence-corrected chi connectivity index (χ0v) is 11.6. The van der Waals surface area contributed by atoms with E-state index in [1.165, 1.54) is 5.56 Å². The van der Waals surface area contributed by atoms with Crippen molar-refractivity contribution in [2.24, 2.45) is 0 Å². The summed E-state index contributed by atoms with van der Waals surface area (Å²) in [5.41, 5.74) is 2.21. The third-order valence-corrected chi connectivity index (χ3v) is 3.35. The van der Waals surface area contributed by atoms with Crippen molar-refractivity contribution in [3.05, 3.63) is 29.8 Å². The lowest BCUT2D eigenvalue weighted by atomic mass is 10.1. The molecular weight excluding hydrogens is 238 g/mol. The molecule has 1 amide bonds. The van der Waals surface area contributed by atoms with Gasteiger partial charge in [-0.2, -0.15) is 0 Å². The van der Waals surface area contributed by atoms with Gasteiger partial charge >= 0.3 is 0 Å². The molecule has 1 fully saturated rings. The van der Waals surface area contributed by atoms with Crippen molar-refractivity contribution in [3.8, 4) is 0 Å². The van der Waals surface area contributed by atoms with Gasteiger partial charge in [-0.3, -0.25) is 9.69 Å². The number of carbonyl (C=O) groups is 1. The quantitative estimate of drug-likeness (QED) is 0.844. The number of piperazine rings is 1. The van der Waals surface area contributed by atoms with Crippen molar-refractivity contribution in [3.63, 3.8) is 0 Å². The molecule has 4 nitrogen and oxygen atoms in total. The van der Waals surface area contributed by atoms with Gasteiger partial charge in [0.1, 0.15) is 0 Å². The maximum atomic E-state index is 11.9. The zero-order valence-electron chi connectivity index (χ0n) is 11.6. The highest BCUT2D eigenvalue weighted by molar-refractivity contribution is 5.92. The number of hydrogen-bond acceptors (Lipinski definition) is 3. The number of nitrogens with zero attached hydrogens (tertiary/aromatic N) is 1.